The van der Waals surface area contributed by atoms with E-state index in [1.54, 1.807) is 23.9 Å². The molecule has 6 rings (SSSR count). The zero-order chi connectivity index (χ0) is 25.0. The second-order valence-electron chi connectivity index (χ2n) is 9.41. The number of anilines is 2. The minimum absolute atomic E-state index is 0.205. The Morgan fingerprint density at radius 1 is 1.05 bits per heavy atom. The number of ether oxygens (including phenoxy) is 1. The lowest BCUT2D eigenvalue weighted by Gasteiger charge is -2.18. The summed E-state index contributed by atoms with van der Waals surface area (Å²) in [7, 11) is 0. The summed E-state index contributed by atoms with van der Waals surface area (Å²) in [6.07, 6.45) is 6.76. The quantitative estimate of drug-likeness (QED) is 0.253. The Kier molecular flexibility index (Phi) is 6.71. The van der Waals surface area contributed by atoms with Gasteiger partial charge in [-0.25, -0.2) is 9.97 Å². The first-order chi connectivity index (χ1) is 18.2. The predicted molar refractivity (Wildman–Crippen MR) is 150 cm³/mol. The molecule has 3 heterocycles. The number of likely N-dealkylation sites (tertiary alicyclic amines) is 1. The van der Waals surface area contributed by atoms with Crippen molar-refractivity contribution in [3.8, 4) is 22.7 Å². The monoisotopic (exact) mass is 507 g/mol. The first kappa shape index (κ1) is 23.5. The molecule has 6 nitrogen and oxygen atoms in total. The molecule has 2 aromatic heterocycles. The van der Waals surface area contributed by atoms with Gasteiger partial charge in [-0.05, 0) is 42.7 Å². The summed E-state index contributed by atoms with van der Waals surface area (Å²) in [6.45, 7) is 5.08. The molecule has 0 saturated carbocycles. The van der Waals surface area contributed by atoms with E-state index in [-0.39, 0.29) is 6.10 Å². The van der Waals surface area contributed by atoms with Gasteiger partial charge in [-0.1, -0.05) is 48.5 Å². The van der Waals surface area contributed by atoms with Crippen LogP contribution >= 0.6 is 11.3 Å². The Labute approximate surface area is 221 Å². The van der Waals surface area contributed by atoms with Crippen LogP contribution in [0.1, 0.15) is 17.5 Å². The molecule has 1 N–H and O–H groups in total. The van der Waals surface area contributed by atoms with E-state index in [0.29, 0.717) is 0 Å². The highest BCUT2D eigenvalue weighted by molar-refractivity contribution is 7.14. The summed E-state index contributed by atoms with van der Waals surface area (Å²) in [5.74, 6) is 0.895. The number of aryl methyl sites for hydroxylation is 1. The van der Waals surface area contributed by atoms with Crippen molar-refractivity contribution in [2.45, 2.75) is 26.0 Å². The van der Waals surface area contributed by atoms with Gasteiger partial charge in [-0.2, -0.15) is 0 Å². The van der Waals surface area contributed by atoms with Gasteiger partial charge in [0, 0.05) is 60.4 Å². The molecule has 0 amide bonds. The van der Waals surface area contributed by atoms with Crippen LogP contribution in [0.2, 0.25) is 0 Å². The fourth-order valence-corrected chi connectivity index (χ4v) is 5.41. The molecular formula is C30H29N5OS. The van der Waals surface area contributed by atoms with Gasteiger partial charge in [0.05, 0.1) is 12.0 Å². The van der Waals surface area contributed by atoms with E-state index >= 15 is 0 Å². The van der Waals surface area contributed by atoms with Crippen molar-refractivity contribution in [3.05, 3.63) is 108 Å². The van der Waals surface area contributed by atoms with Crippen molar-refractivity contribution < 1.29 is 4.74 Å². The van der Waals surface area contributed by atoms with E-state index in [1.807, 2.05) is 10.8 Å². The predicted octanol–water partition coefficient (Wildman–Crippen LogP) is 6.70. The fourth-order valence-electron chi connectivity index (χ4n) is 4.68. The van der Waals surface area contributed by atoms with Crippen LogP contribution in [0.4, 0.5) is 10.8 Å². The topological polar surface area (TPSA) is 55.2 Å². The zero-order valence-electron chi connectivity index (χ0n) is 20.7. The maximum atomic E-state index is 6.39. The number of nitrogens with one attached hydrogen (secondary N) is 1. The van der Waals surface area contributed by atoms with Gasteiger partial charge in [-0.3, -0.25) is 4.90 Å². The smallest absolute Gasteiger partial charge is 0.187 e. The molecule has 0 spiro atoms. The van der Waals surface area contributed by atoms with Crippen LogP contribution in [0.5, 0.6) is 5.75 Å². The number of thiazole rings is 1. The van der Waals surface area contributed by atoms with Crippen molar-refractivity contribution in [2.75, 3.05) is 18.4 Å². The summed E-state index contributed by atoms with van der Waals surface area (Å²) >= 11 is 1.60. The van der Waals surface area contributed by atoms with Crippen LogP contribution in [0, 0.1) is 6.92 Å². The molecule has 7 heteroatoms. The van der Waals surface area contributed by atoms with Crippen molar-refractivity contribution in [1.29, 1.82) is 0 Å². The standard InChI is InChI=1S/C30H29N5OS/c1-22-7-12-26(36-27-13-15-34(19-27)18-23-5-3-2-4-6-23)17-28(22)32-30-33-29(20-37-30)24-8-10-25(11-9-24)35-16-14-31-21-35/h2-12,14,16-17,20-21,27H,13,15,18-19H2,1H3,(H,32,33). The van der Waals surface area contributed by atoms with E-state index in [9.17, 15) is 0 Å². The van der Waals surface area contributed by atoms with Gasteiger partial charge in [0.25, 0.3) is 0 Å². The van der Waals surface area contributed by atoms with Gasteiger partial charge in [0.2, 0.25) is 0 Å². The summed E-state index contributed by atoms with van der Waals surface area (Å²) in [4.78, 5) is 11.4. The lowest BCUT2D eigenvalue weighted by atomic mass is 10.1. The molecule has 5 aromatic rings. The third-order valence-electron chi connectivity index (χ3n) is 6.70. The van der Waals surface area contributed by atoms with Crippen molar-refractivity contribution >= 4 is 22.2 Å². The lowest BCUT2D eigenvalue weighted by molar-refractivity contribution is 0.198. The van der Waals surface area contributed by atoms with Crippen LogP contribution in [0.3, 0.4) is 0 Å². The largest absolute Gasteiger partial charge is 0.489 e. The van der Waals surface area contributed by atoms with Crippen molar-refractivity contribution in [1.82, 2.24) is 19.4 Å². The third-order valence-corrected chi connectivity index (χ3v) is 7.46. The molecule has 1 aliphatic heterocycles. The van der Waals surface area contributed by atoms with Gasteiger partial charge in [0.15, 0.2) is 5.13 Å². The van der Waals surface area contributed by atoms with E-state index in [0.717, 1.165) is 65.1 Å². The summed E-state index contributed by atoms with van der Waals surface area (Å²) in [6, 6.07) is 25.3. The molecule has 1 fully saturated rings. The summed E-state index contributed by atoms with van der Waals surface area (Å²) in [5, 5.41) is 6.46. The van der Waals surface area contributed by atoms with Gasteiger partial charge in [0.1, 0.15) is 11.9 Å². The molecule has 1 aliphatic rings. The van der Waals surface area contributed by atoms with E-state index < -0.39 is 0 Å². The summed E-state index contributed by atoms with van der Waals surface area (Å²) < 4.78 is 8.38. The van der Waals surface area contributed by atoms with Crippen molar-refractivity contribution in [2.24, 2.45) is 0 Å². The molecule has 1 saturated heterocycles. The highest BCUT2D eigenvalue weighted by Crippen LogP contribution is 2.31. The molecule has 3 aromatic carbocycles. The van der Waals surface area contributed by atoms with E-state index in [4.69, 9.17) is 9.72 Å². The average molecular weight is 508 g/mol. The molecule has 0 radical (unpaired) electrons. The second-order valence-corrected chi connectivity index (χ2v) is 10.3. The minimum atomic E-state index is 0.205. The number of hydrogen-bond donors (Lipinski definition) is 1. The van der Waals surface area contributed by atoms with E-state index in [2.05, 4.69) is 100 Å². The Balaban J connectivity index is 1.09. The first-order valence-corrected chi connectivity index (χ1v) is 13.4. The first-order valence-electron chi connectivity index (χ1n) is 12.5. The normalized spacial score (nSPS) is 15.6. The number of imidazole rings is 1. The van der Waals surface area contributed by atoms with Crippen LogP contribution in [0.15, 0.2) is 96.9 Å². The Morgan fingerprint density at radius 2 is 1.92 bits per heavy atom. The molecular weight excluding hydrogens is 478 g/mol. The molecule has 37 heavy (non-hydrogen) atoms. The maximum absolute atomic E-state index is 6.39. The number of hydrogen-bond acceptors (Lipinski definition) is 6. The molecule has 186 valence electrons. The average Bonchev–Trinajstić information content (AvgIpc) is 3.70. The second kappa shape index (κ2) is 10.6. The SMILES string of the molecule is Cc1ccc(OC2CCN(Cc3ccccc3)C2)cc1Nc1nc(-c2ccc(-n3ccnc3)cc2)cs1. The van der Waals surface area contributed by atoms with Crippen LogP contribution < -0.4 is 10.1 Å². The number of benzene rings is 3. The number of nitrogens with zero attached hydrogens (tertiary/aromatic N) is 4. The molecule has 1 atom stereocenters. The van der Waals surface area contributed by atoms with Gasteiger partial charge in [-0.15, -0.1) is 11.3 Å². The van der Waals surface area contributed by atoms with Crippen molar-refractivity contribution in [3.63, 3.8) is 0 Å². The lowest BCUT2D eigenvalue weighted by Crippen LogP contribution is -2.24. The zero-order valence-corrected chi connectivity index (χ0v) is 21.6. The van der Waals surface area contributed by atoms with Crippen LogP contribution in [-0.4, -0.2) is 38.6 Å². The third kappa shape index (κ3) is 5.58. The molecule has 1 unspecified atom stereocenters. The van der Waals surface area contributed by atoms with Gasteiger partial charge < -0.3 is 14.6 Å². The van der Waals surface area contributed by atoms with Crippen LogP contribution in [0.25, 0.3) is 16.9 Å². The fraction of sp³-hybridized carbons (Fsp3) is 0.200. The van der Waals surface area contributed by atoms with E-state index in [1.165, 1.54) is 5.56 Å². The Morgan fingerprint density at radius 3 is 2.73 bits per heavy atom. The number of aromatic nitrogens is 3. The highest BCUT2D eigenvalue weighted by atomic mass is 32.1. The minimum Gasteiger partial charge on any atom is -0.489 e. The Hall–Kier alpha value is -3.94. The summed E-state index contributed by atoms with van der Waals surface area (Å²) in [5.41, 5.74) is 6.65. The molecule has 0 aliphatic carbocycles. The highest BCUT2D eigenvalue weighted by Gasteiger charge is 2.24. The molecule has 0 bridgehead atoms. The maximum Gasteiger partial charge on any atom is 0.187 e. The number of rotatable bonds is 8. The Bertz CT molecular complexity index is 1450. The van der Waals surface area contributed by atoms with Crippen LogP contribution in [-0.2, 0) is 6.54 Å². The van der Waals surface area contributed by atoms with Gasteiger partial charge >= 0.3 is 0 Å².